The summed E-state index contributed by atoms with van der Waals surface area (Å²) in [6.07, 6.45) is 0. The summed E-state index contributed by atoms with van der Waals surface area (Å²) < 4.78 is 77.2. The number of amides is 1. The van der Waals surface area contributed by atoms with Crippen LogP contribution in [0.15, 0.2) is 169 Å². The maximum Gasteiger partial charge on any atom is 2.00 e. The predicted molar refractivity (Wildman–Crippen MR) is 284 cm³/mol. The molecule has 0 aliphatic carbocycles. The zero-order valence-electron chi connectivity index (χ0n) is 40.1. The van der Waals surface area contributed by atoms with E-state index in [0.29, 0.717) is 51.9 Å². The van der Waals surface area contributed by atoms with E-state index in [2.05, 4.69) is 30.8 Å². The van der Waals surface area contributed by atoms with Crippen molar-refractivity contribution < 1.29 is 55.5 Å². The number of carbonyl (C=O) groups excluding carboxylic acids is 1. The Balaban J connectivity index is 0.000000241. The van der Waals surface area contributed by atoms with E-state index in [-0.39, 0.29) is 110 Å². The van der Waals surface area contributed by atoms with Gasteiger partial charge >= 0.3 is 48.9 Å². The maximum atomic E-state index is 13.4. The molecule has 0 fully saturated rings. The number of aromatic hydroxyl groups is 1. The smallest absolute Gasteiger partial charge is 0.871 e. The summed E-state index contributed by atoms with van der Waals surface area (Å²) in [4.78, 5) is 16.3. The molecule has 0 aromatic heterocycles. The molecule has 0 aliphatic heterocycles. The van der Waals surface area contributed by atoms with Crippen LogP contribution in [0.4, 0.5) is 34.1 Å². The quantitative estimate of drug-likeness (QED) is 0.0260. The fourth-order valence-corrected chi connectivity index (χ4v) is 10.2. The van der Waals surface area contributed by atoms with Crippen molar-refractivity contribution in [1.82, 2.24) is 0 Å². The normalized spacial score (nSPS) is 11.9. The van der Waals surface area contributed by atoms with Crippen molar-refractivity contribution in [2.45, 2.75) is 37.5 Å². The van der Waals surface area contributed by atoms with Gasteiger partial charge in [0.05, 0.1) is 51.6 Å². The summed E-state index contributed by atoms with van der Waals surface area (Å²) in [7, 11) is -9.24. The number of aliphatic imine (C=N–C) groups is 1. The van der Waals surface area contributed by atoms with Gasteiger partial charge in [-0.1, -0.05) is 102 Å². The maximum absolute atomic E-state index is 13.4. The molecule has 75 heavy (non-hydrogen) atoms. The van der Waals surface area contributed by atoms with Gasteiger partial charge < -0.3 is 30.1 Å². The van der Waals surface area contributed by atoms with E-state index in [1.165, 1.54) is 50.2 Å². The van der Waals surface area contributed by atoms with E-state index in [1.807, 2.05) is 6.92 Å². The number of halogens is 2. The van der Waals surface area contributed by atoms with E-state index in [9.17, 15) is 46.1 Å². The zero-order valence-corrected chi connectivity index (χ0v) is 47.7. The van der Waals surface area contributed by atoms with Crippen molar-refractivity contribution in [3.8, 4) is 23.0 Å². The Kier molecular flexibility index (Phi) is 19.3. The summed E-state index contributed by atoms with van der Waals surface area (Å²) in [5, 5.41) is 58.5. The van der Waals surface area contributed by atoms with Gasteiger partial charge in [-0.3, -0.25) is 18.9 Å². The number of azo groups is 2. The Morgan fingerprint density at radius 2 is 1.07 bits per heavy atom. The molecular weight excluding hydrogens is 1170 g/mol. The molecule has 8 aromatic rings. The summed E-state index contributed by atoms with van der Waals surface area (Å²) in [5.41, 5.74) is 0.597. The van der Waals surface area contributed by atoms with Crippen LogP contribution in [0.1, 0.15) is 40.9 Å². The van der Waals surface area contributed by atoms with Crippen molar-refractivity contribution in [3.63, 3.8) is 0 Å². The minimum Gasteiger partial charge on any atom is -0.871 e. The van der Waals surface area contributed by atoms with Gasteiger partial charge in [0.2, 0.25) is 0 Å². The third-order valence-electron chi connectivity index (χ3n) is 11.0. The number of carbonyl (C=O) groups is 1. The summed E-state index contributed by atoms with van der Waals surface area (Å²) in [5.74, 6) is -1.62. The third kappa shape index (κ3) is 13.3. The molecule has 8 aromatic carbocycles. The van der Waals surface area contributed by atoms with Crippen LogP contribution >= 0.6 is 23.2 Å². The van der Waals surface area contributed by atoms with Crippen molar-refractivity contribution in [2.24, 2.45) is 25.4 Å². The van der Waals surface area contributed by atoms with E-state index < -0.39 is 53.3 Å². The molecule has 0 atom stereocenters. The van der Waals surface area contributed by atoms with Gasteiger partial charge in [0.1, 0.15) is 32.7 Å². The molecule has 0 saturated heterocycles. The number of benzene rings is 8. The minimum atomic E-state index is -4.63. The molecule has 4 N–H and O–H groups in total. The van der Waals surface area contributed by atoms with Crippen LogP contribution in [0.2, 0.25) is 10.0 Å². The largest absolute Gasteiger partial charge is 2.00 e. The van der Waals surface area contributed by atoms with Gasteiger partial charge in [-0.15, -0.1) is 5.11 Å². The van der Waals surface area contributed by atoms with Gasteiger partial charge in [0.15, 0.2) is 5.75 Å². The van der Waals surface area contributed by atoms with Crippen LogP contribution in [0.3, 0.4) is 0 Å². The first-order chi connectivity index (χ1) is 35.2. The number of para-hydroxylation sites is 4. The molecule has 0 bridgehead atoms. The fraction of sp³-hybridized carbons (Fsp3) is 0.115. The summed E-state index contributed by atoms with van der Waals surface area (Å²) in [6.45, 7) is 7.22. The number of hydrogen-bond donors (Lipinski definition) is 4. The van der Waals surface area contributed by atoms with Crippen LogP contribution in [-0.4, -0.2) is 105 Å². The van der Waals surface area contributed by atoms with Crippen LogP contribution in [0.25, 0.3) is 21.5 Å². The second kappa shape index (κ2) is 25.0. The summed E-state index contributed by atoms with van der Waals surface area (Å²) in [6, 6.07) is 35.7. The molecule has 0 radical (unpaired) electrons. The van der Waals surface area contributed by atoms with Crippen LogP contribution in [-0.2, 0) is 20.2 Å². The average Bonchev–Trinajstić information content (AvgIpc) is 3.35. The fourth-order valence-electron chi connectivity index (χ4n) is 7.55. The molecule has 0 aliphatic rings. The predicted octanol–water partition coefficient (Wildman–Crippen LogP) is 11.8. The number of phenols is 1. The van der Waals surface area contributed by atoms with Crippen molar-refractivity contribution >= 4 is 160 Å². The number of anilines is 1. The summed E-state index contributed by atoms with van der Waals surface area (Å²) >= 11 is 11.9. The van der Waals surface area contributed by atoms with Crippen LogP contribution in [0.5, 0.6) is 23.0 Å². The van der Waals surface area contributed by atoms with E-state index >= 15 is 0 Å². The van der Waals surface area contributed by atoms with Gasteiger partial charge in [-0.25, -0.2) is 0 Å². The molecule has 18 nitrogen and oxygen atoms in total. The Bertz CT molecular complexity index is 3830. The molecule has 8 rings (SSSR count). The van der Waals surface area contributed by atoms with E-state index in [0.717, 1.165) is 0 Å². The first-order valence-corrected chi connectivity index (χ1v) is 25.7. The molecule has 0 spiro atoms. The Morgan fingerprint density at radius 3 is 1.61 bits per heavy atom. The van der Waals surface area contributed by atoms with Crippen LogP contribution < -0.4 is 25.0 Å². The average molecular weight is 1220 g/mol. The standard InChI is InChI=1S/2C26H22ClN3O6S.Ba/c2*1-3-36-22-11-7-6-10-21(22)28-26(32)18-14-16-8-4-5-9-17(16)23(24(18)31)30-29-20-13-12-19(27)25(15(20)2)37(33,34)35;/h2*4-14,31H,3H2,1-2H3,(H,28,32)(H,33,34,35);/q;;+2/p-2. The molecule has 0 heterocycles. The minimum absolute atomic E-state index is 0. The topological polar surface area (TPSA) is 284 Å². The van der Waals surface area contributed by atoms with Crippen molar-refractivity contribution in [2.75, 3.05) is 18.5 Å². The molecular formula is C52H42BaCl2N6O12S2. The van der Waals surface area contributed by atoms with Crippen LogP contribution in [0, 0.1) is 13.8 Å². The Hall–Kier alpha value is -6.41. The SMILES string of the molecule is CCOc1ccccc1N=C([O-])c1cc2ccccc2c(N=Nc2ccc(Cl)c(S(=O)(=O)O)c2C)c1[O-].CCOc1ccccc1NC(=O)c1cc2ccccc2c(N=Nc2ccc(Cl)c(S(=O)(=O)O)c2C)c1O.[Ba+2]. The molecule has 23 heteroatoms. The molecule has 0 unspecified atom stereocenters. The number of ether oxygens (including phenoxy) is 2. The molecule has 380 valence electrons. The molecule has 0 saturated carbocycles. The number of phenolic OH excluding ortho intramolecular Hbond substituents is 1. The van der Waals surface area contributed by atoms with Gasteiger partial charge in [0.25, 0.3) is 26.1 Å². The van der Waals surface area contributed by atoms with E-state index in [1.54, 1.807) is 104 Å². The first-order valence-electron chi connectivity index (χ1n) is 22.1. The van der Waals surface area contributed by atoms with E-state index in [4.69, 9.17) is 32.7 Å². The number of fused-ring (bicyclic) bond motifs is 2. The number of nitrogens with one attached hydrogen (secondary N) is 1. The van der Waals surface area contributed by atoms with Crippen molar-refractivity contribution in [3.05, 3.63) is 166 Å². The van der Waals surface area contributed by atoms with Crippen molar-refractivity contribution in [1.29, 1.82) is 0 Å². The molecule has 1 amide bonds. The third-order valence-corrected chi connectivity index (χ3v) is 13.9. The first kappa shape index (κ1) is 57.9. The number of nitrogens with zero attached hydrogens (tertiary/aromatic N) is 5. The number of rotatable bonds is 14. The zero-order chi connectivity index (χ0) is 53.5. The van der Waals surface area contributed by atoms with Gasteiger partial charge in [-0.2, -0.15) is 32.2 Å². The second-order valence-electron chi connectivity index (χ2n) is 15.8. The second-order valence-corrected chi connectivity index (χ2v) is 19.3. The Labute approximate surface area is 481 Å². The number of hydrogen-bond acceptors (Lipinski definition) is 15. The monoisotopic (exact) mass is 1210 g/mol. The Morgan fingerprint density at radius 1 is 0.613 bits per heavy atom. The van der Waals surface area contributed by atoms with Gasteiger partial charge in [0, 0.05) is 10.8 Å². The van der Waals surface area contributed by atoms with Gasteiger partial charge in [-0.05, 0) is 122 Å².